The maximum Gasteiger partial charge on any atom is 0.410 e. The number of aliphatic hydroxyl groups is 1. The maximum atomic E-state index is 12.0. The largest absolute Gasteiger partial charge is 0.444 e. The number of benzene rings is 1. The molecule has 2 rings (SSSR count). The molecule has 2 N–H and O–H groups in total. The molecule has 0 unspecified atom stereocenters. The number of amides is 1. The van der Waals surface area contributed by atoms with Crippen molar-refractivity contribution in [3.8, 4) is 0 Å². The fourth-order valence-electron chi connectivity index (χ4n) is 2.77. The van der Waals surface area contributed by atoms with Crippen LogP contribution in [-0.2, 0) is 4.74 Å². The van der Waals surface area contributed by atoms with E-state index in [1.165, 1.54) is 0 Å². The normalized spacial score (nSPS) is 19.7. The van der Waals surface area contributed by atoms with E-state index in [2.05, 4.69) is 5.32 Å². The third-order valence-electron chi connectivity index (χ3n) is 3.99. The molecule has 0 aromatic heterocycles. The van der Waals surface area contributed by atoms with Crippen molar-refractivity contribution in [1.29, 1.82) is 0 Å². The van der Waals surface area contributed by atoms with E-state index in [0.717, 1.165) is 17.5 Å². The molecule has 1 saturated heterocycles. The smallest absolute Gasteiger partial charge is 0.410 e. The fraction of sp³-hybridized carbons (Fsp3) is 0.611. The minimum absolute atomic E-state index is 0.196. The molecule has 128 valence electrons. The first kappa shape index (κ1) is 17.8. The number of nitrogens with one attached hydrogen (secondary N) is 1. The summed E-state index contributed by atoms with van der Waals surface area (Å²) in [7, 11) is 0. The van der Waals surface area contributed by atoms with Gasteiger partial charge >= 0.3 is 6.09 Å². The molecule has 1 fully saturated rings. The van der Waals surface area contributed by atoms with Crippen LogP contribution in [0.3, 0.4) is 0 Å². The lowest BCUT2D eigenvalue weighted by Gasteiger charge is -2.24. The van der Waals surface area contributed by atoms with Crippen LogP contribution in [-0.4, -0.2) is 47.4 Å². The van der Waals surface area contributed by atoms with Crippen molar-refractivity contribution in [3.05, 3.63) is 35.4 Å². The molecule has 1 amide bonds. The Balaban J connectivity index is 1.80. The topological polar surface area (TPSA) is 61.8 Å². The van der Waals surface area contributed by atoms with Crippen molar-refractivity contribution >= 4 is 6.09 Å². The van der Waals surface area contributed by atoms with Crippen molar-refractivity contribution in [3.63, 3.8) is 0 Å². The van der Waals surface area contributed by atoms with Crippen molar-refractivity contribution in [2.24, 2.45) is 0 Å². The summed E-state index contributed by atoms with van der Waals surface area (Å²) >= 11 is 0. The van der Waals surface area contributed by atoms with E-state index < -0.39 is 11.7 Å². The van der Waals surface area contributed by atoms with Gasteiger partial charge in [0.2, 0.25) is 0 Å². The zero-order chi connectivity index (χ0) is 17.0. The lowest BCUT2D eigenvalue weighted by Crippen LogP contribution is -2.39. The summed E-state index contributed by atoms with van der Waals surface area (Å²) < 4.78 is 5.39. The van der Waals surface area contributed by atoms with E-state index in [4.69, 9.17) is 4.74 Å². The Morgan fingerprint density at radius 1 is 1.43 bits per heavy atom. The van der Waals surface area contributed by atoms with Gasteiger partial charge in [-0.3, -0.25) is 0 Å². The maximum absolute atomic E-state index is 12.0. The number of hydrogen-bond acceptors (Lipinski definition) is 4. The molecule has 5 heteroatoms. The van der Waals surface area contributed by atoms with Crippen molar-refractivity contribution < 1.29 is 14.6 Å². The summed E-state index contributed by atoms with van der Waals surface area (Å²) in [6, 6.07) is 8.04. The first-order chi connectivity index (χ1) is 10.8. The second kappa shape index (κ2) is 7.32. The van der Waals surface area contributed by atoms with Crippen LogP contribution < -0.4 is 5.32 Å². The summed E-state index contributed by atoms with van der Waals surface area (Å²) in [5, 5.41) is 13.7. The minimum Gasteiger partial charge on any atom is -0.444 e. The number of likely N-dealkylation sites (tertiary alicyclic amines) is 1. The van der Waals surface area contributed by atoms with Gasteiger partial charge in [0.15, 0.2) is 0 Å². The predicted octanol–water partition coefficient (Wildman–Crippen LogP) is 2.63. The Hall–Kier alpha value is -1.59. The molecule has 1 aliphatic rings. The second-order valence-electron chi connectivity index (χ2n) is 7.19. The van der Waals surface area contributed by atoms with Crippen molar-refractivity contribution in [1.82, 2.24) is 10.2 Å². The zero-order valence-corrected chi connectivity index (χ0v) is 14.5. The van der Waals surface area contributed by atoms with Crippen molar-refractivity contribution in [2.45, 2.75) is 51.9 Å². The van der Waals surface area contributed by atoms with E-state index in [1.807, 2.05) is 52.0 Å². The van der Waals surface area contributed by atoms with Crippen LogP contribution in [0.25, 0.3) is 0 Å². The van der Waals surface area contributed by atoms with E-state index >= 15 is 0 Å². The van der Waals surface area contributed by atoms with Gasteiger partial charge in [0.05, 0.1) is 6.10 Å². The van der Waals surface area contributed by atoms with Gasteiger partial charge in [-0.25, -0.2) is 4.79 Å². The van der Waals surface area contributed by atoms with Crippen LogP contribution in [0.1, 0.15) is 44.4 Å². The highest BCUT2D eigenvalue weighted by molar-refractivity contribution is 5.68. The third kappa shape index (κ3) is 5.22. The van der Waals surface area contributed by atoms with Gasteiger partial charge in [-0.2, -0.15) is 0 Å². The van der Waals surface area contributed by atoms with Gasteiger partial charge in [0, 0.05) is 25.7 Å². The number of carbonyl (C=O) groups is 1. The lowest BCUT2D eigenvalue weighted by atomic mass is 10.0. The number of nitrogens with zero attached hydrogens (tertiary/aromatic N) is 1. The summed E-state index contributed by atoms with van der Waals surface area (Å²) in [6.45, 7) is 9.40. The molecule has 2 atom stereocenters. The highest BCUT2D eigenvalue weighted by Crippen LogP contribution is 2.18. The average molecular weight is 320 g/mol. The summed E-state index contributed by atoms with van der Waals surface area (Å²) in [5.41, 5.74) is 1.56. The SMILES string of the molecule is Cc1ccccc1[C@@H](O)CN[C@@H]1CCN(C(=O)OC(C)(C)C)C1. The Labute approximate surface area is 138 Å². The van der Waals surface area contributed by atoms with Crippen LogP contribution in [0.2, 0.25) is 0 Å². The molecule has 0 saturated carbocycles. The van der Waals surface area contributed by atoms with Gasteiger partial charge in [0.25, 0.3) is 0 Å². The van der Waals surface area contributed by atoms with Crippen molar-refractivity contribution in [2.75, 3.05) is 19.6 Å². The van der Waals surface area contributed by atoms with E-state index in [1.54, 1.807) is 4.90 Å². The fourth-order valence-corrected chi connectivity index (χ4v) is 2.77. The number of carbonyl (C=O) groups excluding carboxylic acids is 1. The average Bonchev–Trinajstić information content (AvgIpc) is 2.92. The Bertz CT molecular complexity index is 539. The highest BCUT2D eigenvalue weighted by atomic mass is 16.6. The van der Waals surface area contributed by atoms with Crippen LogP contribution in [0, 0.1) is 6.92 Å². The van der Waals surface area contributed by atoms with Gasteiger partial charge in [-0.05, 0) is 45.2 Å². The molecule has 1 heterocycles. The standard InChI is InChI=1S/C18H28N2O3/c1-13-7-5-6-8-15(13)16(21)11-19-14-9-10-20(12-14)17(22)23-18(2,3)4/h5-8,14,16,19,21H,9-12H2,1-4H3/t14-,16+/m1/s1. The molecule has 1 aliphatic heterocycles. The Morgan fingerprint density at radius 3 is 2.78 bits per heavy atom. The molecule has 1 aromatic rings. The lowest BCUT2D eigenvalue weighted by molar-refractivity contribution is 0.0290. The van der Waals surface area contributed by atoms with Crippen LogP contribution >= 0.6 is 0 Å². The summed E-state index contributed by atoms with van der Waals surface area (Å²) in [4.78, 5) is 13.8. The second-order valence-corrected chi connectivity index (χ2v) is 7.19. The molecular weight excluding hydrogens is 292 g/mol. The van der Waals surface area contributed by atoms with Gasteiger partial charge in [-0.15, -0.1) is 0 Å². The molecule has 0 aliphatic carbocycles. The van der Waals surface area contributed by atoms with E-state index in [-0.39, 0.29) is 12.1 Å². The first-order valence-electron chi connectivity index (χ1n) is 8.21. The number of aliphatic hydroxyl groups excluding tert-OH is 1. The van der Waals surface area contributed by atoms with Gasteiger partial charge in [-0.1, -0.05) is 24.3 Å². The molecule has 0 radical (unpaired) electrons. The van der Waals surface area contributed by atoms with Crippen LogP contribution in [0.5, 0.6) is 0 Å². The zero-order valence-electron chi connectivity index (χ0n) is 14.5. The number of rotatable bonds is 4. The quantitative estimate of drug-likeness (QED) is 0.895. The molecular formula is C18H28N2O3. The minimum atomic E-state index is -0.535. The highest BCUT2D eigenvalue weighted by Gasteiger charge is 2.29. The Morgan fingerprint density at radius 2 is 2.13 bits per heavy atom. The van der Waals surface area contributed by atoms with Gasteiger partial charge < -0.3 is 20.1 Å². The summed E-state index contributed by atoms with van der Waals surface area (Å²) in [5.74, 6) is 0. The number of hydrogen-bond donors (Lipinski definition) is 2. The summed E-state index contributed by atoms with van der Waals surface area (Å²) in [6.07, 6.45) is 0.0766. The molecule has 0 spiro atoms. The predicted molar refractivity (Wildman–Crippen MR) is 90.4 cm³/mol. The van der Waals surface area contributed by atoms with Gasteiger partial charge in [0.1, 0.15) is 5.60 Å². The molecule has 0 bridgehead atoms. The van der Waals surface area contributed by atoms with Crippen LogP contribution in [0.4, 0.5) is 4.79 Å². The molecule has 1 aromatic carbocycles. The first-order valence-corrected chi connectivity index (χ1v) is 8.21. The Kier molecular flexibility index (Phi) is 5.65. The molecule has 23 heavy (non-hydrogen) atoms. The molecule has 5 nitrogen and oxygen atoms in total. The van der Waals surface area contributed by atoms with E-state index in [9.17, 15) is 9.90 Å². The monoisotopic (exact) mass is 320 g/mol. The van der Waals surface area contributed by atoms with Crippen LogP contribution in [0.15, 0.2) is 24.3 Å². The third-order valence-corrected chi connectivity index (χ3v) is 3.99. The number of ether oxygens (including phenoxy) is 1. The number of aryl methyl sites for hydroxylation is 1. The van der Waals surface area contributed by atoms with E-state index in [0.29, 0.717) is 19.6 Å².